The molecule has 0 radical (unpaired) electrons. The van der Waals surface area contributed by atoms with Gasteiger partial charge in [0.2, 0.25) is 5.39 Å². The highest BCUT2D eigenvalue weighted by Crippen LogP contribution is 2.21. The fourth-order valence-corrected chi connectivity index (χ4v) is 2.27. The Labute approximate surface area is 129 Å². The number of rotatable bonds is 2. The predicted molar refractivity (Wildman–Crippen MR) is 81.8 cm³/mol. The van der Waals surface area contributed by atoms with Gasteiger partial charge in [-0.1, -0.05) is 36.4 Å². The number of nitrogens with zero attached hydrogens (tertiary/aromatic N) is 4. The average molecular weight is 306 g/mol. The Hall–Kier alpha value is -3.66. The highest BCUT2D eigenvalue weighted by Gasteiger charge is 2.24. The van der Waals surface area contributed by atoms with Crippen molar-refractivity contribution in [2.24, 2.45) is 0 Å². The number of benzene rings is 2. The number of diazo groups is 1. The fourth-order valence-electron chi connectivity index (χ4n) is 2.27. The molecular formula is C16H10N4O3. The molecule has 7 nitrogen and oxygen atoms in total. The van der Waals surface area contributed by atoms with Crippen LogP contribution in [0.5, 0.6) is 5.88 Å². The quantitative estimate of drug-likeness (QED) is 0.671. The molecule has 112 valence electrons. The van der Waals surface area contributed by atoms with Gasteiger partial charge < -0.3 is 5.11 Å². The summed E-state index contributed by atoms with van der Waals surface area (Å²) in [6, 6.07) is 16.2. The lowest BCUT2D eigenvalue weighted by Crippen LogP contribution is -2.39. The zero-order valence-electron chi connectivity index (χ0n) is 11.8. The van der Waals surface area contributed by atoms with E-state index in [2.05, 4.69) is 4.98 Å². The number of para-hydroxylation sites is 2. The Bertz CT molecular complexity index is 1020. The van der Waals surface area contributed by atoms with Crippen LogP contribution in [0.4, 0.5) is 5.69 Å². The first kappa shape index (κ1) is 14.3. The van der Waals surface area contributed by atoms with Crippen molar-refractivity contribution in [1.29, 1.82) is 5.39 Å². The van der Waals surface area contributed by atoms with Gasteiger partial charge in [0.15, 0.2) is 4.98 Å². The van der Waals surface area contributed by atoms with Crippen LogP contribution in [0.2, 0.25) is 0 Å². The third kappa shape index (κ3) is 2.28. The molecule has 0 unspecified atom stereocenters. The van der Waals surface area contributed by atoms with E-state index in [1.165, 1.54) is 0 Å². The topological polar surface area (TPSA) is 95.2 Å². The molecule has 23 heavy (non-hydrogen) atoms. The molecule has 3 rings (SSSR count). The summed E-state index contributed by atoms with van der Waals surface area (Å²) in [7, 11) is 0. The minimum absolute atomic E-state index is 0.275. The monoisotopic (exact) mass is 306 g/mol. The number of hydrogen-bond acceptors (Lipinski definition) is 4. The van der Waals surface area contributed by atoms with Crippen molar-refractivity contribution >= 4 is 5.69 Å². The molecule has 0 fully saturated rings. The van der Waals surface area contributed by atoms with E-state index in [1.807, 2.05) is 0 Å². The highest BCUT2D eigenvalue weighted by molar-refractivity contribution is 5.54. The highest BCUT2D eigenvalue weighted by atomic mass is 16.3. The SMILES string of the molecule is N#[N+]c1c([O-])n(-c2ccccc2)c(=O)n(-c2ccccc2)c1=O. The van der Waals surface area contributed by atoms with Crippen molar-refractivity contribution in [2.45, 2.75) is 0 Å². The molecule has 0 spiro atoms. The second-order valence-corrected chi connectivity index (χ2v) is 4.68. The van der Waals surface area contributed by atoms with E-state index in [-0.39, 0.29) is 11.4 Å². The summed E-state index contributed by atoms with van der Waals surface area (Å²) < 4.78 is 1.59. The zero-order chi connectivity index (χ0) is 16.4. The maximum Gasteiger partial charge on any atom is 0.458 e. The summed E-state index contributed by atoms with van der Waals surface area (Å²) in [5, 5.41) is 21.4. The molecule has 0 atom stereocenters. The van der Waals surface area contributed by atoms with Crippen LogP contribution in [0, 0.1) is 5.39 Å². The largest absolute Gasteiger partial charge is 0.854 e. The van der Waals surface area contributed by atoms with Crippen molar-refractivity contribution in [3.05, 3.63) is 86.5 Å². The van der Waals surface area contributed by atoms with Gasteiger partial charge in [0.1, 0.15) is 0 Å². The Morgan fingerprint density at radius 1 is 0.826 bits per heavy atom. The molecule has 7 heteroatoms. The first-order valence-corrected chi connectivity index (χ1v) is 6.70. The van der Waals surface area contributed by atoms with Crippen LogP contribution in [-0.2, 0) is 0 Å². The standard InChI is InChI=1S/C16H10N4O3/c17-18-13-14(21)19(11-7-3-1-4-8-11)16(23)20(15(13)22)12-9-5-2-6-10-12/h1-10H. The van der Waals surface area contributed by atoms with E-state index in [9.17, 15) is 14.7 Å². The van der Waals surface area contributed by atoms with E-state index in [0.29, 0.717) is 0 Å². The second kappa shape index (κ2) is 5.61. The molecule has 0 saturated carbocycles. The summed E-state index contributed by atoms with van der Waals surface area (Å²) in [5.74, 6) is -0.971. The van der Waals surface area contributed by atoms with Gasteiger partial charge in [-0.25, -0.2) is 9.36 Å². The van der Waals surface area contributed by atoms with Crippen LogP contribution in [0.3, 0.4) is 0 Å². The van der Waals surface area contributed by atoms with E-state index >= 15 is 0 Å². The predicted octanol–water partition coefficient (Wildman–Crippen LogP) is 1.55. The third-order valence-corrected chi connectivity index (χ3v) is 3.32. The minimum Gasteiger partial charge on any atom is -0.854 e. The lowest BCUT2D eigenvalue weighted by Gasteiger charge is -2.15. The van der Waals surface area contributed by atoms with Gasteiger partial charge in [-0.05, 0) is 24.3 Å². The van der Waals surface area contributed by atoms with E-state index in [4.69, 9.17) is 5.39 Å². The molecule has 0 N–H and O–H groups in total. The molecule has 0 aliphatic rings. The van der Waals surface area contributed by atoms with Crippen molar-refractivity contribution in [3.8, 4) is 17.3 Å². The fraction of sp³-hybridized carbons (Fsp3) is 0. The Morgan fingerprint density at radius 2 is 1.30 bits per heavy atom. The van der Waals surface area contributed by atoms with E-state index in [0.717, 1.165) is 9.13 Å². The second-order valence-electron chi connectivity index (χ2n) is 4.68. The molecular weight excluding hydrogens is 296 g/mol. The summed E-state index contributed by atoms with van der Waals surface area (Å²) in [6.45, 7) is 0. The lowest BCUT2D eigenvalue weighted by atomic mass is 10.3. The lowest BCUT2D eigenvalue weighted by molar-refractivity contribution is -0.276. The van der Waals surface area contributed by atoms with Gasteiger partial charge in [-0.15, -0.1) is 0 Å². The molecule has 1 aromatic heterocycles. The molecule has 0 amide bonds. The van der Waals surface area contributed by atoms with Crippen LogP contribution in [-0.4, -0.2) is 9.13 Å². The summed E-state index contributed by atoms with van der Waals surface area (Å²) in [4.78, 5) is 27.8. The number of hydrogen-bond donors (Lipinski definition) is 0. The maximum atomic E-state index is 12.7. The normalized spacial score (nSPS) is 10.2. The van der Waals surface area contributed by atoms with Crippen LogP contribution >= 0.6 is 0 Å². The molecule has 0 aliphatic heterocycles. The summed E-state index contributed by atoms with van der Waals surface area (Å²) >= 11 is 0. The Kier molecular flexibility index (Phi) is 3.49. The molecule has 1 heterocycles. The molecule has 3 aromatic rings. The molecule has 0 bridgehead atoms. The molecule has 2 aromatic carbocycles. The first-order chi connectivity index (χ1) is 11.1. The van der Waals surface area contributed by atoms with Crippen molar-refractivity contribution in [2.75, 3.05) is 0 Å². The molecule has 0 saturated heterocycles. The van der Waals surface area contributed by atoms with Crippen LogP contribution < -0.4 is 16.4 Å². The van der Waals surface area contributed by atoms with Crippen molar-refractivity contribution in [3.63, 3.8) is 0 Å². The van der Waals surface area contributed by atoms with E-state index < -0.39 is 22.8 Å². The minimum atomic E-state index is -0.971. The van der Waals surface area contributed by atoms with Crippen LogP contribution in [0.15, 0.2) is 70.3 Å². The van der Waals surface area contributed by atoms with Crippen LogP contribution in [0.25, 0.3) is 16.4 Å². The Morgan fingerprint density at radius 3 is 1.78 bits per heavy atom. The first-order valence-electron chi connectivity index (χ1n) is 6.70. The van der Waals surface area contributed by atoms with Crippen molar-refractivity contribution in [1.82, 2.24) is 9.13 Å². The van der Waals surface area contributed by atoms with Gasteiger partial charge >= 0.3 is 16.9 Å². The average Bonchev–Trinajstić information content (AvgIpc) is 2.57. The molecule has 0 aliphatic carbocycles. The Balaban J connectivity index is 2.47. The zero-order valence-corrected chi connectivity index (χ0v) is 11.8. The number of aromatic nitrogens is 2. The van der Waals surface area contributed by atoms with Gasteiger partial charge in [0.25, 0.3) is 0 Å². The smallest absolute Gasteiger partial charge is 0.458 e. The maximum absolute atomic E-state index is 12.7. The van der Waals surface area contributed by atoms with E-state index in [1.54, 1.807) is 60.7 Å². The van der Waals surface area contributed by atoms with Gasteiger partial charge in [-0.2, -0.15) is 0 Å². The van der Waals surface area contributed by atoms with Gasteiger partial charge in [0, 0.05) is 5.69 Å². The summed E-state index contributed by atoms with van der Waals surface area (Å²) in [6.07, 6.45) is 0. The third-order valence-electron chi connectivity index (χ3n) is 3.32. The van der Waals surface area contributed by atoms with Gasteiger partial charge in [0.05, 0.1) is 11.6 Å². The van der Waals surface area contributed by atoms with Crippen molar-refractivity contribution < 1.29 is 5.11 Å². The summed E-state index contributed by atoms with van der Waals surface area (Å²) in [5.41, 5.74) is -1.97. The van der Waals surface area contributed by atoms with Gasteiger partial charge in [-0.3, -0.25) is 9.36 Å². The van der Waals surface area contributed by atoms with Crippen LogP contribution in [0.1, 0.15) is 0 Å².